The molecule has 1 aliphatic heterocycles. The van der Waals surface area contributed by atoms with Crippen LogP contribution in [-0.4, -0.2) is 29.6 Å². The summed E-state index contributed by atoms with van der Waals surface area (Å²) >= 11 is 1.45. The minimum absolute atomic E-state index is 0.210. The smallest absolute Gasteiger partial charge is 0.243 e. The van der Waals surface area contributed by atoms with Crippen molar-refractivity contribution in [1.82, 2.24) is 10.3 Å². The average molecular weight is 293 g/mol. The number of benzene rings is 1. The van der Waals surface area contributed by atoms with Gasteiger partial charge in [0.2, 0.25) is 5.91 Å². The van der Waals surface area contributed by atoms with E-state index in [0.29, 0.717) is 5.13 Å². The molecular weight excluding hydrogens is 277 g/mol. The summed E-state index contributed by atoms with van der Waals surface area (Å²) in [5.41, 5.74) is 3.19. The van der Waals surface area contributed by atoms with Gasteiger partial charge in [-0.1, -0.05) is 17.4 Å². The maximum atomic E-state index is 13.1. The van der Waals surface area contributed by atoms with Crippen molar-refractivity contribution in [3.05, 3.63) is 23.3 Å². The van der Waals surface area contributed by atoms with Crippen LogP contribution in [0.3, 0.4) is 0 Å². The van der Waals surface area contributed by atoms with E-state index in [4.69, 9.17) is 0 Å². The number of nitrogens with one attached hydrogen (secondary N) is 2. The highest BCUT2D eigenvalue weighted by Gasteiger charge is 2.29. The Morgan fingerprint density at radius 1 is 1.50 bits per heavy atom. The third kappa shape index (κ3) is 2.53. The molecule has 3 rings (SSSR count). The van der Waals surface area contributed by atoms with Gasteiger partial charge in [0.15, 0.2) is 5.13 Å². The lowest BCUT2D eigenvalue weighted by Gasteiger charge is -2.08. The minimum atomic E-state index is -0.939. The van der Waals surface area contributed by atoms with Crippen LogP contribution in [0.25, 0.3) is 10.2 Å². The standard InChI is InChI=1S/C14H16FN3OS/c1-7-3-8(2)12-11(4-7)20-14(17-12)18-13(19)10-5-9(15)6-16-10/h3-4,9-10,16H,5-6H2,1-2H3,(H,17,18,19)/t9-,10+/m0/s1. The first-order valence-electron chi connectivity index (χ1n) is 6.59. The second-order valence-corrected chi connectivity index (χ2v) is 6.26. The molecule has 1 amide bonds. The summed E-state index contributed by atoms with van der Waals surface area (Å²) in [6.07, 6.45) is -0.708. The first kappa shape index (κ1) is 13.5. The molecule has 0 bridgehead atoms. The van der Waals surface area contributed by atoms with Crippen LogP contribution in [0.4, 0.5) is 9.52 Å². The van der Waals surface area contributed by atoms with Gasteiger partial charge in [-0.3, -0.25) is 4.79 Å². The Morgan fingerprint density at radius 3 is 3.00 bits per heavy atom. The molecule has 0 spiro atoms. The van der Waals surface area contributed by atoms with Gasteiger partial charge in [-0.25, -0.2) is 9.37 Å². The SMILES string of the molecule is Cc1cc(C)c2nc(NC(=O)[C@H]3C[C@H](F)CN3)sc2c1. The Hall–Kier alpha value is -1.53. The molecule has 4 nitrogen and oxygen atoms in total. The third-order valence-corrected chi connectivity index (χ3v) is 4.37. The average Bonchev–Trinajstić information content (AvgIpc) is 2.95. The molecule has 0 unspecified atom stereocenters. The van der Waals surface area contributed by atoms with E-state index in [0.717, 1.165) is 15.8 Å². The maximum Gasteiger partial charge on any atom is 0.243 e. The molecule has 1 aromatic heterocycles. The number of aryl methyl sites for hydroxylation is 2. The first-order chi connectivity index (χ1) is 9.52. The zero-order valence-corrected chi connectivity index (χ0v) is 12.2. The molecule has 1 aromatic carbocycles. The van der Waals surface area contributed by atoms with Crippen molar-refractivity contribution in [1.29, 1.82) is 0 Å². The fourth-order valence-electron chi connectivity index (χ4n) is 2.51. The predicted octanol–water partition coefficient (Wildman–Crippen LogP) is 2.55. The Kier molecular flexibility index (Phi) is 3.43. The summed E-state index contributed by atoms with van der Waals surface area (Å²) in [5.74, 6) is -0.210. The van der Waals surface area contributed by atoms with Crippen molar-refractivity contribution in [3.63, 3.8) is 0 Å². The number of hydrogen-bond donors (Lipinski definition) is 2. The lowest BCUT2D eigenvalue weighted by molar-refractivity contribution is -0.117. The van der Waals surface area contributed by atoms with Gasteiger partial charge in [0.1, 0.15) is 6.17 Å². The van der Waals surface area contributed by atoms with Crippen LogP contribution in [0.1, 0.15) is 17.5 Å². The molecule has 0 radical (unpaired) electrons. The number of nitrogens with zero attached hydrogens (tertiary/aromatic N) is 1. The van der Waals surface area contributed by atoms with E-state index in [2.05, 4.69) is 27.8 Å². The lowest BCUT2D eigenvalue weighted by Crippen LogP contribution is -2.35. The van der Waals surface area contributed by atoms with E-state index in [1.807, 2.05) is 13.8 Å². The minimum Gasteiger partial charge on any atom is -0.303 e. The quantitative estimate of drug-likeness (QED) is 0.894. The molecule has 0 aliphatic carbocycles. The van der Waals surface area contributed by atoms with E-state index in [1.54, 1.807) is 0 Å². The van der Waals surface area contributed by atoms with Gasteiger partial charge in [-0.05, 0) is 31.0 Å². The molecule has 2 aromatic rings. The van der Waals surface area contributed by atoms with Crippen LogP contribution in [0.5, 0.6) is 0 Å². The van der Waals surface area contributed by atoms with E-state index in [9.17, 15) is 9.18 Å². The van der Waals surface area contributed by atoms with Crippen molar-refractivity contribution in [3.8, 4) is 0 Å². The van der Waals surface area contributed by atoms with Gasteiger partial charge < -0.3 is 10.6 Å². The Bertz CT molecular complexity index is 670. The molecule has 6 heteroatoms. The molecule has 106 valence electrons. The highest BCUT2D eigenvalue weighted by molar-refractivity contribution is 7.22. The number of thiazole rings is 1. The second-order valence-electron chi connectivity index (χ2n) is 5.23. The number of anilines is 1. The van der Waals surface area contributed by atoms with Crippen molar-refractivity contribution >= 4 is 32.6 Å². The van der Waals surface area contributed by atoms with E-state index in [1.165, 1.54) is 16.9 Å². The number of aromatic nitrogens is 1. The molecule has 1 fully saturated rings. The lowest BCUT2D eigenvalue weighted by atomic mass is 10.1. The number of carbonyl (C=O) groups is 1. The van der Waals surface area contributed by atoms with Gasteiger partial charge in [-0.15, -0.1) is 0 Å². The van der Waals surface area contributed by atoms with Gasteiger partial charge >= 0.3 is 0 Å². The summed E-state index contributed by atoms with van der Waals surface area (Å²) in [4.78, 5) is 16.5. The largest absolute Gasteiger partial charge is 0.303 e. The molecule has 1 aliphatic rings. The summed E-state index contributed by atoms with van der Waals surface area (Å²) < 4.78 is 14.1. The summed E-state index contributed by atoms with van der Waals surface area (Å²) in [6, 6.07) is 3.67. The van der Waals surface area contributed by atoms with Gasteiger partial charge in [0.25, 0.3) is 0 Å². The summed E-state index contributed by atoms with van der Waals surface area (Å²) in [6.45, 7) is 4.29. The first-order valence-corrected chi connectivity index (χ1v) is 7.40. The van der Waals surface area contributed by atoms with Gasteiger partial charge in [-0.2, -0.15) is 0 Å². The fourth-order valence-corrected chi connectivity index (χ4v) is 3.55. The molecule has 20 heavy (non-hydrogen) atoms. The number of rotatable bonds is 2. The van der Waals surface area contributed by atoms with Gasteiger partial charge in [0.05, 0.1) is 16.3 Å². The summed E-state index contributed by atoms with van der Waals surface area (Å²) in [7, 11) is 0. The Balaban J connectivity index is 1.81. The van der Waals surface area contributed by atoms with Crippen LogP contribution >= 0.6 is 11.3 Å². The monoisotopic (exact) mass is 293 g/mol. The molecule has 0 saturated carbocycles. The van der Waals surface area contributed by atoms with Crippen LogP contribution in [0.2, 0.25) is 0 Å². The van der Waals surface area contributed by atoms with E-state index >= 15 is 0 Å². The topological polar surface area (TPSA) is 54.0 Å². The predicted molar refractivity (Wildman–Crippen MR) is 79.0 cm³/mol. The van der Waals surface area contributed by atoms with Gasteiger partial charge in [0, 0.05) is 13.0 Å². The number of halogens is 1. The third-order valence-electron chi connectivity index (χ3n) is 3.45. The zero-order chi connectivity index (χ0) is 14.3. The highest BCUT2D eigenvalue weighted by atomic mass is 32.1. The summed E-state index contributed by atoms with van der Waals surface area (Å²) in [5, 5.41) is 6.22. The molecule has 2 atom stereocenters. The van der Waals surface area contributed by atoms with Crippen LogP contribution in [0.15, 0.2) is 12.1 Å². The highest BCUT2D eigenvalue weighted by Crippen LogP contribution is 2.29. The maximum absolute atomic E-state index is 13.1. The number of carbonyl (C=O) groups excluding carboxylic acids is 1. The normalized spacial score (nSPS) is 22.4. The zero-order valence-electron chi connectivity index (χ0n) is 11.4. The van der Waals surface area contributed by atoms with E-state index in [-0.39, 0.29) is 18.9 Å². The fraction of sp³-hybridized carbons (Fsp3) is 0.429. The van der Waals surface area contributed by atoms with E-state index < -0.39 is 12.2 Å². The van der Waals surface area contributed by atoms with Crippen molar-refractivity contribution in [2.75, 3.05) is 11.9 Å². The van der Waals surface area contributed by atoms with Crippen molar-refractivity contribution < 1.29 is 9.18 Å². The molecule has 1 saturated heterocycles. The molecular formula is C14H16FN3OS. The number of hydrogen-bond acceptors (Lipinski definition) is 4. The molecule has 2 heterocycles. The van der Waals surface area contributed by atoms with Crippen LogP contribution in [0, 0.1) is 13.8 Å². The number of alkyl halides is 1. The van der Waals surface area contributed by atoms with Crippen molar-refractivity contribution in [2.24, 2.45) is 0 Å². The van der Waals surface area contributed by atoms with Crippen molar-refractivity contribution in [2.45, 2.75) is 32.5 Å². The van der Waals surface area contributed by atoms with Crippen LogP contribution < -0.4 is 10.6 Å². The van der Waals surface area contributed by atoms with Crippen LogP contribution in [-0.2, 0) is 4.79 Å². The Morgan fingerprint density at radius 2 is 2.30 bits per heavy atom. The number of amides is 1. The Labute approximate surface area is 120 Å². The second kappa shape index (κ2) is 5.10. The molecule has 2 N–H and O–H groups in total. The number of fused-ring (bicyclic) bond motifs is 1.